The second kappa shape index (κ2) is 9.40. The van der Waals surface area contributed by atoms with E-state index in [0.717, 1.165) is 40.5 Å². The standard InChI is InChI=1S/C23H24ClFN4OS/c1-14-4-3-11-29(19(14)9-10-20-26-12-17(24)13-27-20)23(30)21-22(31-15(2)28-21)16-5-7-18(25)8-6-16/h5-8,12-14,19H,3-4,9-11H2,1-2H3/t14-,19+/m0/s1. The van der Waals surface area contributed by atoms with E-state index in [1.807, 2.05) is 11.8 Å². The summed E-state index contributed by atoms with van der Waals surface area (Å²) in [5, 5.41) is 1.33. The summed E-state index contributed by atoms with van der Waals surface area (Å²) in [7, 11) is 0. The van der Waals surface area contributed by atoms with E-state index in [-0.39, 0.29) is 17.8 Å². The molecule has 1 aliphatic rings. The first-order valence-electron chi connectivity index (χ1n) is 10.4. The molecule has 2 aromatic heterocycles. The van der Waals surface area contributed by atoms with E-state index in [0.29, 0.717) is 29.6 Å². The molecule has 0 bridgehead atoms. The van der Waals surface area contributed by atoms with Crippen molar-refractivity contribution < 1.29 is 9.18 Å². The van der Waals surface area contributed by atoms with Crippen molar-refractivity contribution in [2.45, 2.75) is 45.6 Å². The third-order valence-corrected chi connectivity index (χ3v) is 6.97. The molecule has 0 radical (unpaired) electrons. The van der Waals surface area contributed by atoms with Gasteiger partial charge in [0.2, 0.25) is 0 Å². The van der Waals surface area contributed by atoms with E-state index in [9.17, 15) is 9.18 Å². The van der Waals surface area contributed by atoms with Crippen LogP contribution < -0.4 is 0 Å². The fraction of sp³-hybridized carbons (Fsp3) is 0.391. The van der Waals surface area contributed by atoms with Gasteiger partial charge in [-0.15, -0.1) is 11.3 Å². The lowest BCUT2D eigenvalue weighted by Gasteiger charge is -2.40. The lowest BCUT2D eigenvalue weighted by Crippen LogP contribution is -2.48. The maximum Gasteiger partial charge on any atom is 0.274 e. The van der Waals surface area contributed by atoms with E-state index < -0.39 is 0 Å². The van der Waals surface area contributed by atoms with Crippen molar-refractivity contribution >= 4 is 28.8 Å². The van der Waals surface area contributed by atoms with Crippen LogP contribution in [0.15, 0.2) is 36.7 Å². The molecule has 0 saturated carbocycles. The van der Waals surface area contributed by atoms with Crippen molar-refractivity contribution in [2.75, 3.05) is 6.54 Å². The number of hydrogen-bond acceptors (Lipinski definition) is 5. The van der Waals surface area contributed by atoms with E-state index >= 15 is 0 Å². The first-order valence-corrected chi connectivity index (χ1v) is 11.6. The molecule has 1 aliphatic heterocycles. The van der Waals surface area contributed by atoms with Gasteiger partial charge in [0.1, 0.15) is 17.3 Å². The highest BCUT2D eigenvalue weighted by Crippen LogP contribution is 2.34. The predicted molar refractivity (Wildman–Crippen MR) is 121 cm³/mol. The number of halogens is 2. The number of carbonyl (C=O) groups excluding carboxylic acids is 1. The van der Waals surface area contributed by atoms with Crippen LogP contribution in [0.2, 0.25) is 5.02 Å². The molecule has 5 nitrogen and oxygen atoms in total. The third-order valence-electron chi connectivity index (χ3n) is 5.76. The van der Waals surface area contributed by atoms with Gasteiger partial charge in [-0.3, -0.25) is 4.79 Å². The van der Waals surface area contributed by atoms with Crippen LogP contribution in [0, 0.1) is 18.7 Å². The molecule has 4 rings (SSSR count). The van der Waals surface area contributed by atoms with E-state index in [1.54, 1.807) is 24.5 Å². The molecular formula is C23H24ClFN4OS. The molecule has 1 amide bonds. The summed E-state index contributed by atoms with van der Waals surface area (Å²) in [6, 6.07) is 6.32. The SMILES string of the molecule is Cc1nc(C(=O)N2CCC[C@H](C)[C@H]2CCc2ncc(Cl)cn2)c(-c2ccc(F)cc2)s1. The lowest BCUT2D eigenvalue weighted by atomic mass is 9.87. The van der Waals surface area contributed by atoms with Gasteiger partial charge in [-0.05, 0) is 49.8 Å². The first kappa shape index (κ1) is 21.8. The molecule has 8 heteroatoms. The van der Waals surface area contributed by atoms with Gasteiger partial charge in [0.05, 0.1) is 14.9 Å². The van der Waals surface area contributed by atoms with Crippen LogP contribution in [-0.2, 0) is 6.42 Å². The Morgan fingerprint density at radius 2 is 1.97 bits per heavy atom. The van der Waals surface area contributed by atoms with Crippen LogP contribution >= 0.6 is 22.9 Å². The number of rotatable bonds is 5. The lowest BCUT2D eigenvalue weighted by molar-refractivity contribution is 0.0494. The molecule has 1 fully saturated rings. The van der Waals surface area contributed by atoms with Gasteiger partial charge < -0.3 is 4.90 Å². The molecule has 31 heavy (non-hydrogen) atoms. The Balaban J connectivity index is 1.58. The number of carbonyl (C=O) groups is 1. The summed E-state index contributed by atoms with van der Waals surface area (Å²) in [6.45, 7) is 4.79. The number of aryl methyl sites for hydroxylation is 2. The van der Waals surface area contributed by atoms with Crippen LogP contribution in [0.3, 0.4) is 0 Å². The Bertz CT molecular complexity index is 1050. The zero-order chi connectivity index (χ0) is 22.0. The Hall–Kier alpha value is -2.38. The van der Waals surface area contributed by atoms with Crippen LogP contribution in [0.1, 0.15) is 47.5 Å². The van der Waals surface area contributed by atoms with Crippen LogP contribution in [-0.4, -0.2) is 38.3 Å². The first-order chi connectivity index (χ1) is 14.9. The van der Waals surface area contributed by atoms with Crippen molar-refractivity contribution in [3.05, 3.63) is 64.0 Å². The van der Waals surface area contributed by atoms with Crippen molar-refractivity contribution in [1.29, 1.82) is 0 Å². The Morgan fingerprint density at radius 3 is 2.68 bits per heavy atom. The number of likely N-dealkylation sites (tertiary alicyclic amines) is 1. The van der Waals surface area contributed by atoms with Gasteiger partial charge >= 0.3 is 0 Å². The fourth-order valence-corrected chi connectivity index (χ4v) is 5.21. The maximum absolute atomic E-state index is 13.6. The highest BCUT2D eigenvalue weighted by Gasteiger charge is 2.34. The molecule has 2 atom stereocenters. The number of aromatic nitrogens is 3. The zero-order valence-electron chi connectivity index (χ0n) is 17.5. The second-order valence-electron chi connectivity index (χ2n) is 7.96. The minimum Gasteiger partial charge on any atom is -0.334 e. The molecular weight excluding hydrogens is 435 g/mol. The van der Waals surface area contributed by atoms with Crippen LogP contribution in [0.25, 0.3) is 10.4 Å². The number of hydrogen-bond donors (Lipinski definition) is 0. The quantitative estimate of drug-likeness (QED) is 0.501. The molecule has 0 spiro atoms. The Kier molecular flexibility index (Phi) is 6.62. The van der Waals surface area contributed by atoms with E-state index in [4.69, 9.17) is 11.6 Å². The van der Waals surface area contributed by atoms with E-state index in [2.05, 4.69) is 21.9 Å². The zero-order valence-corrected chi connectivity index (χ0v) is 19.1. The summed E-state index contributed by atoms with van der Waals surface area (Å²) in [6.07, 6.45) is 6.71. The minimum absolute atomic E-state index is 0.0581. The Labute approximate surface area is 190 Å². The predicted octanol–water partition coefficient (Wildman–Crippen LogP) is 5.57. The summed E-state index contributed by atoms with van der Waals surface area (Å²) >= 11 is 7.35. The van der Waals surface area contributed by atoms with Crippen molar-refractivity contribution in [1.82, 2.24) is 19.9 Å². The molecule has 1 saturated heterocycles. The summed E-state index contributed by atoms with van der Waals surface area (Å²) < 4.78 is 13.4. The highest BCUT2D eigenvalue weighted by molar-refractivity contribution is 7.15. The van der Waals surface area contributed by atoms with Crippen LogP contribution in [0.4, 0.5) is 4.39 Å². The highest BCUT2D eigenvalue weighted by atomic mass is 35.5. The monoisotopic (exact) mass is 458 g/mol. The maximum atomic E-state index is 13.6. The molecule has 3 aromatic rings. The molecule has 162 valence electrons. The Morgan fingerprint density at radius 1 is 1.26 bits per heavy atom. The molecule has 0 N–H and O–H groups in total. The fourth-order valence-electron chi connectivity index (χ4n) is 4.19. The van der Waals surface area contributed by atoms with Gasteiger partial charge in [0, 0.05) is 31.4 Å². The van der Waals surface area contributed by atoms with Gasteiger partial charge in [-0.2, -0.15) is 0 Å². The van der Waals surface area contributed by atoms with Gasteiger partial charge in [-0.25, -0.2) is 19.3 Å². The molecule has 0 aliphatic carbocycles. The van der Waals surface area contributed by atoms with Gasteiger partial charge in [-0.1, -0.05) is 30.7 Å². The summed E-state index contributed by atoms with van der Waals surface area (Å²) in [5.74, 6) is 0.745. The largest absolute Gasteiger partial charge is 0.334 e. The van der Waals surface area contributed by atoms with Crippen LogP contribution in [0.5, 0.6) is 0 Å². The van der Waals surface area contributed by atoms with E-state index in [1.165, 1.54) is 23.5 Å². The normalized spacial score (nSPS) is 18.9. The van der Waals surface area contributed by atoms with Crippen molar-refractivity contribution in [3.8, 4) is 10.4 Å². The molecule has 1 aromatic carbocycles. The molecule has 0 unspecified atom stereocenters. The van der Waals surface area contributed by atoms with Crippen molar-refractivity contribution in [3.63, 3.8) is 0 Å². The average molecular weight is 459 g/mol. The number of amides is 1. The number of thiazole rings is 1. The van der Waals surface area contributed by atoms with Gasteiger partial charge in [0.15, 0.2) is 0 Å². The molecule has 3 heterocycles. The minimum atomic E-state index is -0.299. The third kappa shape index (κ3) is 4.93. The summed E-state index contributed by atoms with van der Waals surface area (Å²) in [5.41, 5.74) is 1.27. The number of benzene rings is 1. The smallest absolute Gasteiger partial charge is 0.274 e. The second-order valence-corrected chi connectivity index (χ2v) is 9.60. The number of piperidine rings is 1. The van der Waals surface area contributed by atoms with Gasteiger partial charge in [0.25, 0.3) is 5.91 Å². The number of nitrogens with zero attached hydrogens (tertiary/aromatic N) is 4. The van der Waals surface area contributed by atoms with Crippen molar-refractivity contribution in [2.24, 2.45) is 5.92 Å². The average Bonchev–Trinajstić information content (AvgIpc) is 3.15. The summed E-state index contributed by atoms with van der Waals surface area (Å²) in [4.78, 5) is 29.5. The topological polar surface area (TPSA) is 59.0 Å².